The molecule has 25 heavy (non-hydrogen) atoms. The van der Waals surface area contributed by atoms with Gasteiger partial charge in [-0.05, 0) is 31.1 Å². The minimum atomic E-state index is -0.576. The number of hydrogen-bond donors (Lipinski definition) is 2. The molecule has 6 heteroatoms. The lowest BCUT2D eigenvalue weighted by Gasteiger charge is -2.29. The summed E-state index contributed by atoms with van der Waals surface area (Å²) in [6, 6.07) is -0.576. The number of Topliss-reactive ketones (excluding diaryl/α,β-unsaturated/α-hetero) is 1. The van der Waals surface area contributed by atoms with Crippen molar-refractivity contribution in [1.82, 2.24) is 10.2 Å². The summed E-state index contributed by atoms with van der Waals surface area (Å²) in [5, 5.41) is 2.73. The minimum absolute atomic E-state index is 0.0477. The molecule has 0 saturated heterocycles. The molecule has 1 fully saturated rings. The number of carbonyl (C=O) groups excluding carboxylic acids is 3. The summed E-state index contributed by atoms with van der Waals surface area (Å²) >= 11 is 0. The zero-order chi connectivity index (χ0) is 18.8. The van der Waals surface area contributed by atoms with Crippen LogP contribution >= 0.6 is 0 Å². The second-order valence-corrected chi connectivity index (χ2v) is 7.74. The normalized spacial score (nSPS) is 15.6. The van der Waals surface area contributed by atoms with Gasteiger partial charge in [-0.15, -0.1) is 0 Å². The highest BCUT2D eigenvalue weighted by Crippen LogP contribution is 2.29. The van der Waals surface area contributed by atoms with Gasteiger partial charge in [0.2, 0.25) is 11.8 Å². The standard InChI is InChI=1S/C19H35N3O3/c1-14(2)12-22(13-17(24)11-16-7-6-8-16)19(25)18(20)9-4-5-10-21-15(3)23/h14,16,18H,4-13,20H2,1-3H3,(H,21,23)/t18-/m1/s1. The SMILES string of the molecule is CC(=O)NCCCC[C@@H](N)C(=O)N(CC(=O)CC1CCC1)CC(C)C. The van der Waals surface area contributed by atoms with E-state index >= 15 is 0 Å². The van der Waals surface area contributed by atoms with Gasteiger partial charge < -0.3 is 16.0 Å². The Morgan fingerprint density at radius 3 is 2.40 bits per heavy atom. The van der Waals surface area contributed by atoms with Gasteiger partial charge in [-0.1, -0.05) is 33.1 Å². The van der Waals surface area contributed by atoms with Crippen LogP contribution in [-0.4, -0.2) is 48.2 Å². The van der Waals surface area contributed by atoms with E-state index in [0.717, 1.165) is 25.7 Å². The van der Waals surface area contributed by atoms with Crippen LogP contribution in [0, 0.1) is 11.8 Å². The average molecular weight is 354 g/mol. The predicted molar refractivity (Wildman–Crippen MR) is 98.9 cm³/mol. The van der Waals surface area contributed by atoms with Crippen molar-refractivity contribution < 1.29 is 14.4 Å². The van der Waals surface area contributed by atoms with E-state index in [1.54, 1.807) is 4.90 Å². The fraction of sp³-hybridized carbons (Fsp3) is 0.842. The molecule has 144 valence electrons. The Kier molecular flexibility index (Phi) is 9.71. The molecule has 1 aliphatic carbocycles. The van der Waals surface area contributed by atoms with Gasteiger partial charge in [0.1, 0.15) is 0 Å². The van der Waals surface area contributed by atoms with E-state index in [-0.39, 0.29) is 24.1 Å². The van der Waals surface area contributed by atoms with E-state index in [9.17, 15) is 14.4 Å². The van der Waals surface area contributed by atoms with Gasteiger partial charge >= 0.3 is 0 Å². The highest BCUT2D eigenvalue weighted by Gasteiger charge is 2.26. The Balaban J connectivity index is 2.41. The van der Waals surface area contributed by atoms with Crippen LogP contribution in [0.1, 0.15) is 65.7 Å². The number of amides is 2. The number of rotatable bonds is 12. The quantitative estimate of drug-likeness (QED) is 0.524. The molecule has 6 nitrogen and oxygen atoms in total. The van der Waals surface area contributed by atoms with Crippen molar-refractivity contribution in [2.45, 2.75) is 71.8 Å². The van der Waals surface area contributed by atoms with Crippen molar-refractivity contribution >= 4 is 17.6 Å². The average Bonchev–Trinajstić information content (AvgIpc) is 2.48. The summed E-state index contributed by atoms with van der Waals surface area (Å²) in [5.74, 6) is 0.790. The first kappa shape index (κ1) is 21.6. The molecular weight excluding hydrogens is 318 g/mol. The van der Waals surface area contributed by atoms with Gasteiger partial charge in [0.25, 0.3) is 0 Å². The van der Waals surface area contributed by atoms with E-state index in [0.29, 0.717) is 37.8 Å². The third-order valence-electron chi connectivity index (χ3n) is 4.64. The van der Waals surface area contributed by atoms with Gasteiger partial charge in [0, 0.05) is 26.4 Å². The van der Waals surface area contributed by atoms with Crippen LogP contribution in [0.25, 0.3) is 0 Å². The summed E-state index contributed by atoms with van der Waals surface area (Å²) in [4.78, 5) is 37.3. The topological polar surface area (TPSA) is 92.5 Å². The van der Waals surface area contributed by atoms with E-state index < -0.39 is 6.04 Å². The largest absolute Gasteiger partial charge is 0.356 e. The summed E-state index contributed by atoms with van der Waals surface area (Å²) in [6.45, 7) is 6.92. The van der Waals surface area contributed by atoms with Crippen LogP contribution in [0.2, 0.25) is 0 Å². The molecule has 0 heterocycles. The number of nitrogens with two attached hydrogens (primary N) is 1. The molecule has 0 aliphatic heterocycles. The maximum Gasteiger partial charge on any atom is 0.239 e. The van der Waals surface area contributed by atoms with E-state index in [1.165, 1.54) is 13.3 Å². The summed E-state index contributed by atoms with van der Waals surface area (Å²) in [5.41, 5.74) is 6.06. The molecular formula is C19H35N3O3. The summed E-state index contributed by atoms with van der Waals surface area (Å²) in [6.07, 6.45) is 6.23. The van der Waals surface area contributed by atoms with E-state index in [1.807, 2.05) is 13.8 Å². The van der Waals surface area contributed by atoms with E-state index in [4.69, 9.17) is 5.73 Å². The molecule has 1 atom stereocenters. The first-order valence-electron chi connectivity index (χ1n) is 9.60. The Labute approximate surface area is 151 Å². The lowest BCUT2D eigenvalue weighted by molar-refractivity contribution is -0.137. The van der Waals surface area contributed by atoms with E-state index in [2.05, 4.69) is 5.32 Å². The zero-order valence-corrected chi connectivity index (χ0v) is 16.1. The third-order valence-corrected chi connectivity index (χ3v) is 4.64. The Hall–Kier alpha value is -1.43. The number of carbonyl (C=O) groups is 3. The van der Waals surface area contributed by atoms with Crippen molar-refractivity contribution in [2.75, 3.05) is 19.6 Å². The van der Waals surface area contributed by atoms with Crippen LogP contribution in [0.3, 0.4) is 0 Å². The Bertz CT molecular complexity index is 447. The van der Waals surface area contributed by atoms with Crippen molar-refractivity contribution in [2.24, 2.45) is 17.6 Å². The molecule has 2 amide bonds. The smallest absolute Gasteiger partial charge is 0.239 e. The first-order chi connectivity index (χ1) is 11.8. The molecule has 0 aromatic carbocycles. The second-order valence-electron chi connectivity index (χ2n) is 7.74. The van der Waals surface area contributed by atoms with Gasteiger partial charge in [-0.25, -0.2) is 0 Å². The van der Waals surface area contributed by atoms with Gasteiger partial charge in [0.05, 0.1) is 12.6 Å². The molecule has 3 N–H and O–H groups in total. The lowest BCUT2D eigenvalue weighted by atomic mass is 9.82. The molecule has 0 bridgehead atoms. The van der Waals surface area contributed by atoms with Gasteiger partial charge in [-0.2, -0.15) is 0 Å². The van der Waals surface area contributed by atoms with Crippen LogP contribution < -0.4 is 11.1 Å². The van der Waals surface area contributed by atoms with Crippen LogP contribution in [0.4, 0.5) is 0 Å². The van der Waals surface area contributed by atoms with Crippen molar-refractivity contribution in [3.63, 3.8) is 0 Å². The second kappa shape index (κ2) is 11.2. The maximum absolute atomic E-state index is 12.6. The third kappa shape index (κ3) is 9.00. The molecule has 0 radical (unpaired) electrons. The minimum Gasteiger partial charge on any atom is -0.356 e. The van der Waals surface area contributed by atoms with Crippen molar-refractivity contribution in [1.29, 1.82) is 0 Å². The van der Waals surface area contributed by atoms with Crippen molar-refractivity contribution in [3.8, 4) is 0 Å². The molecule has 0 aromatic rings. The van der Waals surface area contributed by atoms with Gasteiger partial charge in [0.15, 0.2) is 5.78 Å². The van der Waals surface area contributed by atoms with Crippen molar-refractivity contribution in [3.05, 3.63) is 0 Å². The number of nitrogens with one attached hydrogen (secondary N) is 1. The predicted octanol–water partition coefficient (Wildman–Crippen LogP) is 1.86. The number of unbranched alkanes of at least 4 members (excludes halogenated alkanes) is 1. The fourth-order valence-electron chi connectivity index (χ4n) is 3.08. The Morgan fingerprint density at radius 1 is 1.20 bits per heavy atom. The highest BCUT2D eigenvalue weighted by molar-refractivity contribution is 5.88. The number of nitrogens with zero attached hydrogens (tertiary/aromatic N) is 1. The molecule has 0 unspecified atom stereocenters. The Morgan fingerprint density at radius 2 is 1.88 bits per heavy atom. The number of hydrogen-bond acceptors (Lipinski definition) is 4. The monoisotopic (exact) mass is 353 g/mol. The zero-order valence-electron chi connectivity index (χ0n) is 16.1. The maximum atomic E-state index is 12.6. The molecule has 0 aromatic heterocycles. The van der Waals surface area contributed by atoms with Crippen LogP contribution in [-0.2, 0) is 14.4 Å². The molecule has 1 saturated carbocycles. The first-order valence-corrected chi connectivity index (χ1v) is 9.60. The lowest BCUT2D eigenvalue weighted by Crippen LogP contribution is -2.47. The molecule has 0 spiro atoms. The van der Waals surface area contributed by atoms with Crippen LogP contribution in [0.15, 0.2) is 0 Å². The fourth-order valence-corrected chi connectivity index (χ4v) is 3.08. The highest BCUT2D eigenvalue weighted by atomic mass is 16.2. The summed E-state index contributed by atoms with van der Waals surface area (Å²) in [7, 11) is 0. The van der Waals surface area contributed by atoms with Gasteiger partial charge in [-0.3, -0.25) is 14.4 Å². The van der Waals surface area contributed by atoms with Crippen LogP contribution in [0.5, 0.6) is 0 Å². The molecule has 1 aliphatic rings. The molecule has 1 rings (SSSR count). The summed E-state index contributed by atoms with van der Waals surface area (Å²) < 4.78 is 0. The number of ketones is 1.